The molecule has 5 aromatic rings. The summed E-state index contributed by atoms with van der Waals surface area (Å²) >= 11 is 5.90. The monoisotopic (exact) mass is 474 g/mol. The van der Waals surface area contributed by atoms with E-state index < -0.39 is 11.9 Å². The Bertz CT molecular complexity index is 1580. The fourth-order valence-corrected chi connectivity index (χ4v) is 4.30. The number of nitrogens with one attached hydrogen (secondary N) is 1. The minimum Gasteiger partial charge on any atom is -0.394 e. The first-order chi connectivity index (χ1) is 16.4. The van der Waals surface area contributed by atoms with Crippen LogP contribution in [-0.4, -0.2) is 31.5 Å². The van der Waals surface area contributed by atoms with Crippen LogP contribution < -0.4 is 5.56 Å². The molecule has 1 atom stereocenters. The van der Waals surface area contributed by atoms with E-state index >= 15 is 0 Å². The molecule has 0 saturated heterocycles. The fourth-order valence-electron chi connectivity index (χ4n) is 4.11. The van der Waals surface area contributed by atoms with E-state index in [-0.39, 0.29) is 17.2 Å². The molecule has 0 radical (unpaired) electrons. The molecule has 170 valence electrons. The molecule has 3 aromatic heterocycles. The molecule has 3 heterocycles. The molecule has 2 N–H and O–H groups in total. The second kappa shape index (κ2) is 8.85. The maximum Gasteiger partial charge on any atom is 0.251 e. The van der Waals surface area contributed by atoms with Crippen molar-refractivity contribution < 1.29 is 9.50 Å². The minimum absolute atomic E-state index is 0.0609. The van der Waals surface area contributed by atoms with Crippen molar-refractivity contribution in [3.8, 4) is 22.4 Å². The van der Waals surface area contributed by atoms with Gasteiger partial charge in [-0.15, -0.1) is 0 Å². The maximum atomic E-state index is 13.6. The Morgan fingerprint density at radius 1 is 1.06 bits per heavy atom. The van der Waals surface area contributed by atoms with Crippen molar-refractivity contribution in [2.75, 3.05) is 6.61 Å². The van der Waals surface area contributed by atoms with E-state index in [9.17, 15) is 14.3 Å². The van der Waals surface area contributed by atoms with Crippen molar-refractivity contribution in [1.29, 1.82) is 0 Å². The van der Waals surface area contributed by atoms with Gasteiger partial charge in [-0.2, -0.15) is 5.10 Å². The number of fused-ring (bicyclic) bond motifs is 1. The average Bonchev–Trinajstić information content (AvgIpc) is 3.26. The molecule has 0 aliphatic rings. The second-order valence-corrected chi connectivity index (χ2v) is 8.46. The molecule has 0 spiro atoms. The molecule has 0 aliphatic carbocycles. The lowest BCUT2D eigenvalue weighted by atomic mass is 10.0. The number of aliphatic hydroxyl groups excluding tert-OH is 1. The van der Waals surface area contributed by atoms with Crippen LogP contribution in [0.2, 0.25) is 5.02 Å². The van der Waals surface area contributed by atoms with Crippen LogP contribution in [-0.2, 0) is 0 Å². The zero-order valence-electron chi connectivity index (χ0n) is 18.2. The van der Waals surface area contributed by atoms with Crippen molar-refractivity contribution in [2.45, 2.75) is 13.0 Å². The van der Waals surface area contributed by atoms with Crippen molar-refractivity contribution in [1.82, 2.24) is 19.7 Å². The van der Waals surface area contributed by atoms with Crippen molar-refractivity contribution >= 4 is 22.5 Å². The van der Waals surface area contributed by atoms with Gasteiger partial charge in [-0.25, -0.2) is 4.39 Å². The molecular formula is C26H20ClFN4O2. The number of benzene rings is 2. The summed E-state index contributed by atoms with van der Waals surface area (Å²) in [5, 5.41) is 18.3. The van der Waals surface area contributed by atoms with E-state index in [1.54, 1.807) is 12.4 Å². The summed E-state index contributed by atoms with van der Waals surface area (Å²) in [4.78, 5) is 17.2. The largest absolute Gasteiger partial charge is 0.394 e. The molecule has 34 heavy (non-hydrogen) atoms. The Morgan fingerprint density at radius 2 is 1.88 bits per heavy atom. The van der Waals surface area contributed by atoms with Gasteiger partial charge in [-0.3, -0.25) is 14.9 Å². The summed E-state index contributed by atoms with van der Waals surface area (Å²) < 4.78 is 15.0. The number of hydrogen-bond acceptors (Lipinski definition) is 4. The number of halogens is 2. The fraction of sp³-hybridized carbons (Fsp3) is 0.115. The number of H-pyrrole nitrogens is 1. The summed E-state index contributed by atoms with van der Waals surface area (Å²) in [6.45, 7) is 1.59. The zero-order chi connectivity index (χ0) is 23.8. The zero-order valence-corrected chi connectivity index (χ0v) is 18.9. The molecule has 0 bridgehead atoms. The first-order valence-corrected chi connectivity index (χ1v) is 11.0. The highest BCUT2D eigenvalue weighted by Crippen LogP contribution is 2.30. The number of nitrogens with zero attached hydrogens (tertiary/aromatic N) is 3. The van der Waals surface area contributed by atoms with Crippen LogP contribution in [0.15, 0.2) is 77.9 Å². The summed E-state index contributed by atoms with van der Waals surface area (Å²) in [5.41, 5.74) is 5.38. The average molecular weight is 475 g/mol. The highest BCUT2D eigenvalue weighted by Gasteiger charge is 2.17. The first kappa shape index (κ1) is 22.0. The van der Waals surface area contributed by atoms with E-state index in [1.807, 2.05) is 43.3 Å². The predicted octanol–water partition coefficient (Wildman–Crippen LogP) is 5.14. The smallest absolute Gasteiger partial charge is 0.251 e. The van der Waals surface area contributed by atoms with Gasteiger partial charge in [-0.05, 0) is 66.1 Å². The Kier molecular flexibility index (Phi) is 5.73. The van der Waals surface area contributed by atoms with Gasteiger partial charge in [0, 0.05) is 35.1 Å². The highest BCUT2D eigenvalue weighted by atomic mass is 35.5. The Hall–Kier alpha value is -3.81. The van der Waals surface area contributed by atoms with Gasteiger partial charge in [0.2, 0.25) is 0 Å². The molecule has 0 saturated carbocycles. The highest BCUT2D eigenvalue weighted by molar-refractivity contribution is 6.30. The Labute approximate surface area is 199 Å². The van der Waals surface area contributed by atoms with Gasteiger partial charge in [0.1, 0.15) is 11.5 Å². The number of pyridine rings is 2. The van der Waals surface area contributed by atoms with Gasteiger partial charge >= 0.3 is 0 Å². The number of aliphatic hydroxyl groups is 1. The SMILES string of the molecule is Cc1cc(-c2n[nH]c3ccc(-c4ccn([C@H](CO)c5ccc(F)c(Cl)c5)c(=O)c4)cc23)ccn1. The van der Waals surface area contributed by atoms with Crippen molar-refractivity contribution in [3.63, 3.8) is 0 Å². The number of aromatic nitrogens is 4. The molecule has 5 rings (SSSR count). The summed E-state index contributed by atoms with van der Waals surface area (Å²) in [5.74, 6) is -0.555. The lowest BCUT2D eigenvalue weighted by Crippen LogP contribution is -2.26. The van der Waals surface area contributed by atoms with Crippen molar-refractivity contribution in [2.24, 2.45) is 0 Å². The van der Waals surface area contributed by atoms with E-state index in [1.165, 1.54) is 28.8 Å². The molecular weight excluding hydrogens is 455 g/mol. The van der Waals surface area contributed by atoms with Gasteiger partial charge in [-0.1, -0.05) is 23.7 Å². The predicted molar refractivity (Wildman–Crippen MR) is 130 cm³/mol. The normalized spacial score (nSPS) is 12.2. The van der Waals surface area contributed by atoms with Gasteiger partial charge in [0.05, 0.1) is 23.2 Å². The molecule has 0 fully saturated rings. The number of aromatic amines is 1. The third kappa shape index (κ3) is 4.00. The lowest BCUT2D eigenvalue weighted by molar-refractivity contribution is 0.247. The summed E-state index contributed by atoms with van der Waals surface area (Å²) in [6.07, 6.45) is 3.38. The Balaban J connectivity index is 1.54. The van der Waals surface area contributed by atoms with Crippen LogP contribution >= 0.6 is 11.6 Å². The molecule has 6 nitrogen and oxygen atoms in total. The van der Waals surface area contributed by atoms with Gasteiger partial charge in [0.15, 0.2) is 0 Å². The lowest BCUT2D eigenvalue weighted by Gasteiger charge is -2.19. The van der Waals surface area contributed by atoms with E-state index in [4.69, 9.17) is 11.6 Å². The standard InChI is InChI=1S/C26H20ClFN4O2/c1-15-10-19(6-8-29-15)26-20-11-16(3-5-23(20)30-31-26)17-7-9-32(25(34)13-17)24(14-33)18-2-4-22(28)21(27)12-18/h2-13,24,33H,14H2,1H3,(H,30,31)/t24-/m1/s1. The third-order valence-electron chi connectivity index (χ3n) is 5.85. The second-order valence-electron chi connectivity index (χ2n) is 8.05. The van der Waals surface area contributed by atoms with E-state index in [0.29, 0.717) is 5.56 Å². The Morgan fingerprint density at radius 3 is 2.62 bits per heavy atom. The molecule has 0 amide bonds. The quantitative estimate of drug-likeness (QED) is 0.369. The van der Waals surface area contributed by atoms with Crippen LogP contribution in [0.25, 0.3) is 33.3 Å². The molecule has 2 aromatic carbocycles. The number of aryl methyl sites for hydroxylation is 1. The number of rotatable bonds is 5. The van der Waals surface area contributed by atoms with Crippen LogP contribution in [0.4, 0.5) is 4.39 Å². The maximum absolute atomic E-state index is 13.6. The summed E-state index contributed by atoms with van der Waals surface area (Å²) in [6, 6.07) is 16.5. The van der Waals surface area contributed by atoms with E-state index in [2.05, 4.69) is 15.2 Å². The van der Waals surface area contributed by atoms with Gasteiger partial charge < -0.3 is 9.67 Å². The van der Waals surface area contributed by atoms with Gasteiger partial charge in [0.25, 0.3) is 5.56 Å². The molecule has 0 unspecified atom stereocenters. The topological polar surface area (TPSA) is 83.8 Å². The van der Waals surface area contributed by atoms with Crippen LogP contribution in [0.3, 0.4) is 0 Å². The first-order valence-electron chi connectivity index (χ1n) is 10.6. The molecule has 8 heteroatoms. The molecule has 0 aliphatic heterocycles. The van der Waals surface area contributed by atoms with E-state index in [0.717, 1.165) is 39.0 Å². The van der Waals surface area contributed by atoms with Crippen molar-refractivity contribution in [3.05, 3.63) is 106 Å². The minimum atomic E-state index is -0.683. The van der Waals surface area contributed by atoms with Crippen LogP contribution in [0.5, 0.6) is 0 Å². The van der Waals surface area contributed by atoms with Crippen LogP contribution in [0.1, 0.15) is 17.3 Å². The summed E-state index contributed by atoms with van der Waals surface area (Å²) in [7, 11) is 0. The van der Waals surface area contributed by atoms with Crippen LogP contribution in [0, 0.1) is 12.7 Å². The number of hydrogen-bond donors (Lipinski definition) is 2. The third-order valence-corrected chi connectivity index (χ3v) is 6.14.